The highest BCUT2D eigenvalue weighted by Gasteiger charge is 2.17. The van der Waals surface area contributed by atoms with E-state index in [-0.39, 0.29) is 11.8 Å². The monoisotopic (exact) mass is 352 g/mol. The molecular weight excluding hydrogens is 324 g/mol. The Kier molecular flexibility index (Phi) is 8.66. The summed E-state index contributed by atoms with van der Waals surface area (Å²) in [7, 11) is -2.11. The number of carbonyl (C=O) groups excluding carboxylic acids is 2. The van der Waals surface area contributed by atoms with Crippen LogP contribution in [0.1, 0.15) is 44.1 Å². The van der Waals surface area contributed by atoms with Crippen molar-refractivity contribution in [3.05, 3.63) is 29.8 Å². The quantitative estimate of drug-likeness (QED) is 0.225. The van der Waals surface area contributed by atoms with E-state index in [0.717, 1.165) is 30.5 Å². The number of benzene rings is 1. The fraction of sp³-hybridized carbons (Fsp3) is 0.529. The number of carbonyl (C=O) groups is 2. The summed E-state index contributed by atoms with van der Waals surface area (Å²) in [6.07, 6.45) is 3.97. The van der Waals surface area contributed by atoms with Crippen molar-refractivity contribution in [1.29, 1.82) is 0 Å². The van der Waals surface area contributed by atoms with Gasteiger partial charge in [-0.05, 0) is 49.7 Å². The standard InChI is InChI=1S/C17H28N2O4Si/c1-24(2,23)13-14-9-11-15(12-10-14)18-16(20)7-5-3-4-6-8-17(21)19-22/h9-12,22-23H,3-8,13H2,1-2H3,(H,18,20)(H,19,21). The number of hydroxylamine groups is 1. The van der Waals surface area contributed by atoms with Crippen LogP contribution in [0.2, 0.25) is 13.1 Å². The highest BCUT2D eigenvalue weighted by atomic mass is 28.4. The second kappa shape index (κ2) is 10.2. The highest BCUT2D eigenvalue weighted by molar-refractivity contribution is 6.69. The van der Waals surface area contributed by atoms with Gasteiger partial charge in [-0.3, -0.25) is 14.8 Å². The van der Waals surface area contributed by atoms with Gasteiger partial charge in [0.05, 0.1) is 0 Å². The predicted octanol–water partition coefficient (Wildman–Crippen LogP) is 2.75. The van der Waals surface area contributed by atoms with E-state index in [4.69, 9.17) is 5.21 Å². The van der Waals surface area contributed by atoms with Gasteiger partial charge in [0.25, 0.3) is 0 Å². The highest BCUT2D eigenvalue weighted by Crippen LogP contribution is 2.14. The Balaban J connectivity index is 2.22. The molecule has 2 amide bonds. The van der Waals surface area contributed by atoms with Crippen LogP contribution in [-0.4, -0.2) is 30.1 Å². The third-order valence-electron chi connectivity index (χ3n) is 3.56. The molecule has 24 heavy (non-hydrogen) atoms. The first-order chi connectivity index (χ1) is 11.3. The molecule has 0 bridgehead atoms. The van der Waals surface area contributed by atoms with Crippen LogP contribution in [0, 0.1) is 0 Å². The van der Waals surface area contributed by atoms with Gasteiger partial charge < -0.3 is 10.1 Å². The summed E-state index contributed by atoms with van der Waals surface area (Å²) < 4.78 is 0. The topological polar surface area (TPSA) is 98.7 Å². The van der Waals surface area contributed by atoms with Gasteiger partial charge in [0, 0.05) is 18.5 Å². The minimum absolute atomic E-state index is 0.0206. The van der Waals surface area contributed by atoms with Gasteiger partial charge in [0.2, 0.25) is 11.8 Å². The zero-order chi connectivity index (χ0) is 18.0. The Bertz CT molecular complexity index is 526. The molecule has 0 fully saturated rings. The minimum Gasteiger partial charge on any atom is -0.432 e. The lowest BCUT2D eigenvalue weighted by Gasteiger charge is -2.14. The van der Waals surface area contributed by atoms with E-state index in [1.165, 1.54) is 0 Å². The van der Waals surface area contributed by atoms with Gasteiger partial charge in [-0.25, -0.2) is 5.48 Å². The van der Waals surface area contributed by atoms with E-state index < -0.39 is 8.32 Å². The smallest absolute Gasteiger partial charge is 0.243 e. The third-order valence-corrected chi connectivity index (χ3v) is 4.83. The maximum atomic E-state index is 11.9. The zero-order valence-corrected chi connectivity index (χ0v) is 15.5. The first-order valence-corrected chi connectivity index (χ1v) is 11.5. The van der Waals surface area contributed by atoms with Gasteiger partial charge in [0.15, 0.2) is 8.32 Å². The lowest BCUT2D eigenvalue weighted by molar-refractivity contribution is -0.129. The summed E-state index contributed by atoms with van der Waals surface area (Å²) in [5, 5.41) is 11.2. The fourth-order valence-corrected chi connectivity index (χ4v) is 3.64. The summed E-state index contributed by atoms with van der Waals surface area (Å²) in [6.45, 7) is 3.80. The molecule has 0 spiro atoms. The predicted molar refractivity (Wildman–Crippen MR) is 96.1 cm³/mol. The molecule has 0 unspecified atom stereocenters. The van der Waals surface area contributed by atoms with E-state index in [1.807, 2.05) is 37.4 Å². The van der Waals surface area contributed by atoms with Crippen molar-refractivity contribution >= 4 is 25.8 Å². The Morgan fingerprint density at radius 3 is 2.00 bits per heavy atom. The van der Waals surface area contributed by atoms with Crippen LogP contribution < -0.4 is 10.8 Å². The molecule has 0 aliphatic heterocycles. The van der Waals surface area contributed by atoms with Crippen molar-refractivity contribution in [3.63, 3.8) is 0 Å². The molecule has 1 aromatic carbocycles. The molecule has 134 valence electrons. The van der Waals surface area contributed by atoms with Crippen LogP contribution >= 0.6 is 0 Å². The Hall–Kier alpha value is -1.70. The number of rotatable bonds is 10. The average Bonchev–Trinajstić information content (AvgIpc) is 2.51. The van der Waals surface area contributed by atoms with Gasteiger partial charge in [-0.2, -0.15) is 0 Å². The van der Waals surface area contributed by atoms with E-state index in [2.05, 4.69) is 5.32 Å². The Morgan fingerprint density at radius 2 is 1.50 bits per heavy atom. The van der Waals surface area contributed by atoms with Crippen LogP contribution in [-0.2, 0) is 15.6 Å². The molecule has 0 saturated heterocycles. The molecule has 1 rings (SSSR count). The first kappa shape index (κ1) is 20.3. The van der Waals surface area contributed by atoms with Crippen molar-refractivity contribution in [2.24, 2.45) is 0 Å². The fourth-order valence-electron chi connectivity index (χ4n) is 2.41. The first-order valence-electron chi connectivity index (χ1n) is 8.34. The second-order valence-corrected chi connectivity index (χ2v) is 10.7. The van der Waals surface area contributed by atoms with Crippen LogP contribution in [0.25, 0.3) is 0 Å². The molecular formula is C17H28N2O4Si. The number of hydrogen-bond acceptors (Lipinski definition) is 4. The Labute approximate surface area is 144 Å². The largest absolute Gasteiger partial charge is 0.432 e. The summed E-state index contributed by atoms with van der Waals surface area (Å²) in [4.78, 5) is 32.6. The number of nitrogens with one attached hydrogen (secondary N) is 2. The minimum atomic E-state index is -2.11. The molecule has 0 aliphatic rings. The molecule has 0 heterocycles. The van der Waals surface area contributed by atoms with Crippen LogP contribution in [0.5, 0.6) is 0 Å². The molecule has 0 atom stereocenters. The normalized spacial score (nSPS) is 11.2. The number of anilines is 1. The van der Waals surface area contributed by atoms with E-state index in [1.54, 1.807) is 5.48 Å². The number of amides is 2. The van der Waals surface area contributed by atoms with Crippen molar-refractivity contribution in [2.75, 3.05) is 5.32 Å². The van der Waals surface area contributed by atoms with Crippen LogP contribution in [0.4, 0.5) is 5.69 Å². The van der Waals surface area contributed by atoms with E-state index in [9.17, 15) is 14.4 Å². The van der Waals surface area contributed by atoms with Crippen molar-refractivity contribution in [3.8, 4) is 0 Å². The molecule has 4 N–H and O–H groups in total. The zero-order valence-electron chi connectivity index (χ0n) is 14.5. The molecule has 1 aromatic rings. The van der Waals surface area contributed by atoms with Crippen molar-refractivity contribution in [1.82, 2.24) is 5.48 Å². The van der Waals surface area contributed by atoms with Gasteiger partial charge in [-0.1, -0.05) is 25.0 Å². The molecule has 6 nitrogen and oxygen atoms in total. The van der Waals surface area contributed by atoms with Gasteiger partial charge in [0.1, 0.15) is 0 Å². The lowest BCUT2D eigenvalue weighted by atomic mass is 10.1. The van der Waals surface area contributed by atoms with Gasteiger partial charge in [-0.15, -0.1) is 0 Å². The Morgan fingerprint density at radius 1 is 0.958 bits per heavy atom. The molecule has 0 radical (unpaired) electrons. The second-order valence-electron chi connectivity index (χ2n) is 6.68. The number of hydrogen-bond donors (Lipinski definition) is 4. The maximum Gasteiger partial charge on any atom is 0.243 e. The summed E-state index contributed by atoms with van der Waals surface area (Å²) in [6, 6.07) is 8.30. The SMILES string of the molecule is C[Si](C)(O)Cc1ccc(NC(=O)CCCCCCC(=O)NO)cc1. The molecule has 0 saturated carbocycles. The number of unbranched alkanes of at least 4 members (excludes halogenated alkanes) is 3. The van der Waals surface area contributed by atoms with E-state index >= 15 is 0 Å². The van der Waals surface area contributed by atoms with Gasteiger partial charge >= 0.3 is 0 Å². The van der Waals surface area contributed by atoms with Crippen LogP contribution in [0.15, 0.2) is 24.3 Å². The summed E-state index contributed by atoms with van der Waals surface area (Å²) in [5.41, 5.74) is 3.45. The third kappa shape index (κ3) is 9.44. The van der Waals surface area contributed by atoms with Crippen molar-refractivity contribution < 1.29 is 19.6 Å². The molecule has 0 aliphatic carbocycles. The van der Waals surface area contributed by atoms with E-state index in [0.29, 0.717) is 25.3 Å². The average molecular weight is 353 g/mol. The summed E-state index contributed by atoms with van der Waals surface area (Å²) >= 11 is 0. The molecule has 7 heteroatoms. The van der Waals surface area contributed by atoms with Crippen LogP contribution in [0.3, 0.4) is 0 Å². The molecule has 0 aromatic heterocycles. The maximum absolute atomic E-state index is 11.9. The lowest BCUT2D eigenvalue weighted by Crippen LogP contribution is -2.28. The summed E-state index contributed by atoms with van der Waals surface area (Å²) in [5.74, 6) is -0.392. The van der Waals surface area contributed by atoms with Crippen molar-refractivity contribution in [2.45, 2.75) is 57.7 Å².